The molecule has 1 aromatic carbocycles. The number of benzene rings is 1. The van der Waals surface area contributed by atoms with Gasteiger partial charge in [0.15, 0.2) is 0 Å². The van der Waals surface area contributed by atoms with Crippen molar-refractivity contribution in [2.24, 2.45) is 0 Å². The molecule has 0 unspecified atom stereocenters. The molecule has 1 aliphatic rings. The Labute approximate surface area is 168 Å². The van der Waals surface area contributed by atoms with Crippen molar-refractivity contribution in [1.82, 2.24) is 30.4 Å². The summed E-state index contributed by atoms with van der Waals surface area (Å²) in [6.07, 6.45) is 0. The van der Waals surface area contributed by atoms with Crippen LogP contribution in [0.1, 0.15) is 13.8 Å². The van der Waals surface area contributed by atoms with Crippen LogP contribution in [0.2, 0.25) is 0 Å². The number of amides is 1. The number of nitrogens with zero attached hydrogens (tertiary/aromatic N) is 5. The molecule has 1 fully saturated rings. The van der Waals surface area contributed by atoms with Gasteiger partial charge in [0.1, 0.15) is 11.4 Å². The number of tetrazole rings is 1. The molecule has 0 saturated carbocycles. The maximum Gasteiger partial charge on any atom is 0.230 e. The van der Waals surface area contributed by atoms with Crippen molar-refractivity contribution in [3.63, 3.8) is 0 Å². The zero-order valence-electron chi connectivity index (χ0n) is 16.4. The highest BCUT2D eigenvalue weighted by Crippen LogP contribution is 2.25. The van der Waals surface area contributed by atoms with E-state index in [0.717, 1.165) is 32.0 Å². The van der Waals surface area contributed by atoms with Crippen LogP contribution in [0.3, 0.4) is 0 Å². The zero-order valence-corrected chi connectivity index (χ0v) is 17.2. The molecule has 1 saturated heterocycles. The smallest absolute Gasteiger partial charge is 0.230 e. The van der Waals surface area contributed by atoms with Crippen molar-refractivity contribution >= 4 is 17.7 Å². The lowest BCUT2D eigenvalue weighted by Crippen LogP contribution is -2.55. The third-order valence-electron chi connectivity index (χ3n) is 4.67. The summed E-state index contributed by atoms with van der Waals surface area (Å²) >= 11 is 1.29. The van der Waals surface area contributed by atoms with Gasteiger partial charge < -0.3 is 14.8 Å². The van der Waals surface area contributed by atoms with Gasteiger partial charge >= 0.3 is 0 Å². The number of carbonyl (C=O) groups is 1. The van der Waals surface area contributed by atoms with E-state index in [4.69, 9.17) is 9.47 Å². The number of aromatic nitrogens is 4. The van der Waals surface area contributed by atoms with Crippen molar-refractivity contribution in [3.8, 4) is 11.4 Å². The van der Waals surface area contributed by atoms with Gasteiger partial charge in [-0.1, -0.05) is 23.9 Å². The van der Waals surface area contributed by atoms with Crippen LogP contribution < -0.4 is 10.1 Å². The van der Waals surface area contributed by atoms with E-state index in [1.165, 1.54) is 11.8 Å². The highest BCUT2D eigenvalue weighted by atomic mass is 32.2. The molecule has 3 rings (SSSR count). The fraction of sp³-hybridized carbons (Fsp3) is 0.556. The molecule has 28 heavy (non-hydrogen) atoms. The Morgan fingerprint density at radius 2 is 2.07 bits per heavy atom. The number of carbonyl (C=O) groups excluding carboxylic acids is 1. The van der Waals surface area contributed by atoms with Gasteiger partial charge in [0.25, 0.3) is 0 Å². The van der Waals surface area contributed by atoms with Crippen molar-refractivity contribution < 1.29 is 14.3 Å². The summed E-state index contributed by atoms with van der Waals surface area (Å²) in [6.45, 7) is 8.07. The van der Waals surface area contributed by atoms with Gasteiger partial charge in [0, 0.05) is 25.2 Å². The number of morpholine rings is 1. The number of hydrogen-bond acceptors (Lipinski definition) is 8. The molecular weight excluding hydrogens is 380 g/mol. The molecule has 1 N–H and O–H groups in total. The van der Waals surface area contributed by atoms with Crippen LogP contribution in [0.25, 0.3) is 5.69 Å². The standard InChI is InChI=1S/C18H26N6O3S/c1-18(2,23-8-10-27-11-9-23)13-19-16(25)12-28-17-20-21-22-24(17)14-6-4-5-7-15(14)26-3/h4-7H,8-13H2,1-3H3,(H,19,25). The lowest BCUT2D eigenvalue weighted by atomic mass is 10.0. The molecule has 0 bridgehead atoms. The van der Waals surface area contributed by atoms with E-state index in [9.17, 15) is 4.79 Å². The predicted octanol–water partition coefficient (Wildman–Crippen LogP) is 0.990. The minimum atomic E-state index is -0.122. The van der Waals surface area contributed by atoms with Crippen molar-refractivity contribution in [2.75, 3.05) is 45.7 Å². The number of rotatable bonds is 8. The molecular formula is C18H26N6O3S. The van der Waals surface area contributed by atoms with Gasteiger partial charge in [-0.05, 0) is 36.4 Å². The second-order valence-corrected chi connectivity index (χ2v) is 7.96. The SMILES string of the molecule is COc1ccccc1-n1nnnc1SCC(=O)NCC(C)(C)N1CCOCC1. The van der Waals surface area contributed by atoms with E-state index in [0.29, 0.717) is 17.5 Å². The zero-order chi connectivity index (χ0) is 20.0. The third kappa shape index (κ3) is 5.00. The molecule has 2 heterocycles. The molecule has 0 spiro atoms. The summed E-state index contributed by atoms with van der Waals surface area (Å²) in [5, 5.41) is 15.3. The van der Waals surface area contributed by atoms with E-state index in [1.807, 2.05) is 24.3 Å². The molecule has 9 nitrogen and oxygen atoms in total. The third-order valence-corrected chi connectivity index (χ3v) is 5.59. The predicted molar refractivity (Wildman–Crippen MR) is 106 cm³/mol. The molecule has 2 aromatic rings. The van der Waals surface area contributed by atoms with Gasteiger partial charge in [-0.25, -0.2) is 0 Å². The fourth-order valence-electron chi connectivity index (χ4n) is 3.00. The molecule has 1 amide bonds. The number of methoxy groups -OCH3 is 1. The minimum Gasteiger partial charge on any atom is -0.494 e. The van der Waals surface area contributed by atoms with E-state index in [-0.39, 0.29) is 17.2 Å². The summed E-state index contributed by atoms with van der Waals surface area (Å²) in [4.78, 5) is 14.7. The van der Waals surface area contributed by atoms with Crippen molar-refractivity contribution in [2.45, 2.75) is 24.5 Å². The summed E-state index contributed by atoms with van der Waals surface area (Å²) in [6, 6.07) is 7.47. The molecule has 152 valence electrons. The number of thioether (sulfide) groups is 1. The molecule has 10 heteroatoms. The van der Waals surface area contributed by atoms with Crippen LogP contribution in [-0.2, 0) is 9.53 Å². The van der Waals surface area contributed by atoms with Crippen LogP contribution in [0, 0.1) is 0 Å². The van der Waals surface area contributed by atoms with E-state index >= 15 is 0 Å². The topological polar surface area (TPSA) is 94.4 Å². The van der Waals surface area contributed by atoms with Gasteiger partial charge in [-0.2, -0.15) is 4.68 Å². The summed E-state index contributed by atoms with van der Waals surface area (Å²) in [5.41, 5.74) is 0.606. The average Bonchev–Trinajstić information content (AvgIpc) is 3.20. The first-order valence-electron chi connectivity index (χ1n) is 9.15. The lowest BCUT2D eigenvalue weighted by molar-refractivity contribution is -0.119. The molecule has 1 aliphatic heterocycles. The van der Waals surface area contributed by atoms with E-state index in [1.54, 1.807) is 11.8 Å². The maximum atomic E-state index is 12.4. The Morgan fingerprint density at radius 3 is 2.82 bits per heavy atom. The number of hydrogen-bond donors (Lipinski definition) is 1. The monoisotopic (exact) mass is 406 g/mol. The Kier molecular flexibility index (Phi) is 6.87. The van der Waals surface area contributed by atoms with E-state index < -0.39 is 0 Å². The number of ether oxygens (including phenoxy) is 2. The van der Waals surface area contributed by atoms with Crippen molar-refractivity contribution in [3.05, 3.63) is 24.3 Å². The minimum absolute atomic E-state index is 0.0547. The number of para-hydroxylation sites is 2. The van der Waals surface area contributed by atoms with E-state index in [2.05, 4.69) is 39.6 Å². The molecule has 0 aliphatic carbocycles. The van der Waals surface area contributed by atoms with Crippen molar-refractivity contribution in [1.29, 1.82) is 0 Å². The van der Waals surface area contributed by atoms with Crippen LogP contribution in [0.15, 0.2) is 29.4 Å². The van der Waals surface area contributed by atoms with Crippen LogP contribution in [-0.4, -0.2) is 82.3 Å². The quantitative estimate of drug-likeness (QED) is 0.649. The first-order chi connectivity index (χ1) is 13.5. The highest BCUT2D eigenvalue weighted by Gasteiger charge is 2.28. The van der Waals surface area contributed by atoms with Crippen LogP contribution in [0.4, 0.5) is 0 Å². The van der Waals surface area contributed by atoms with Gasteiger partial charge in [-0.3, -0.25) is 9.69 Å². The molecule has 0 atom stereocenters. The Morgan fingerprint density at radius 1 is 1.32 bits per heavy atom. The van der Waals surface area contributed by atoms with Crippen LogP contribution in [0.5, 0.6) is 5.75 Å². The molecule has 0 radical (unpaired) electrons. The summed E-state index contributed by atoms with van der Waals surface area (Å²) in [5.74, 6) is 0.837. The van der Waals surface area contributed by atoms with Gasteiger partial charge in [0.2, 0.25) is 11.1 Å². The lowest BCUT2D eigenvalue weighted by Gasteiger charge is -2.40. The second-order valence-electron chi connectivity index (χ2n) is 7.02. The van der Waals surface area contributed by atoms with Gasteiger partial charge in [-0.15, -0.1) is 5.10 Å². The Hall–Kier alpha value is -2.17. The first-order valence-corrected chi connectivity index (χ1v) is 10.1. The largest absolute Gasteiger partial charge is 0.494 e. The first kappa shape index (κ1) is 20.6. The van der Waals surface area contributed by atoms with Gasteiger partial charge in [0.05, 0.1) is 26.1 Å². The Balaban J connectivity index is 1.55. The maximum absolute atomic E-state index is 12.4. The Bertz CT molecular complexity index is 791. The normalized spacial score (nSPS) is 15.4. The fourth-order valence-corrected chi connectivity index (χ4v) is 3.72. The second kappa shape index (κ2) is 9.35. The molecule has 1 aromatic heterocycles. The highest BCUT2D eigenvalue weighted by molar-refractivity contribution is 7.99. The summed E-state index contributed by atoms with van der Waals surface area (Å²) in [7, 11) is 1.60. The van der Waals surface area contributed by atoms with Crippen LogP contribution >= 0.6 is 11.8 Å². The summed E-state index contributed by atoms with van der Waals surface area (Å²) < 4.78 is 12.3. The number of nitrogens with one attached hydrogen (secondary N) is 1. The average molecular weight is 407 g/mol.